The minimum atomic E-state index is -0.701. The largest absolute Gasteiger partial charge is 0.401 e. The van der Waals surface area contributed by atoms with E-state index in [9.17, 15) is 8.78 Å². The monoisotopic (exact) mass is 454 g/mol. The standard InChI is InChI=1S/C23H24F2N6S/c1-32-13-31-12-15(11-29-31)23-28-9-8-20(30-23)16-5-2-4-14(22(16)27)10-19(26)21-17(24)6-3-7-18(21)25/h3,6-12,16H,2,4-5,13,26-27H2,1H3/b19-10-. The maximum Gasteiger partial charge on any atom is 0.162 e. The molecule has 0 bridgehead atoms. The van der Waals surface area contributed by atoms with Crippen LogP contribution in [0.15, 0.2) is 60.2 Å². The molecule has 4 rings (SSSR count). The van der Waals surface area contributed by atoms with Gasteiger partial charge in [0.1, 0.15) is 11.6 Å². The molecule has 2 aromatic heterocycles. The minimum absolute atomic E-state index is 0.0174. The third kappa shape index (κ3) is 4.52. The van der Waals surface area contributed by atoms with Gasteiger partial charge in [-0.1, -0.05) is 6.07 Å². The van der Waals surface area contributed by atoms with Gasteiger partial charge in [-0.15, -0.1) is 11.8 Å². The van der Waals surface area contributed by atoms with E-state index in [0.717, 1.165) is 35.5 Å². The molecule has 1 unspecified atom stereocenters. The molecule has 0 spiro atoms. The molecule has 3 aromatic rings. The van der Waals surface area contributed by atoms with Crippen LogP contribution >= 0.6 is 11.8 Å². The zero-order valence-electron chi connectivity index (χ0n) is 17.6. The van der Waals surface area contributed by atoms with Crippen LogP contribution in [-0.2, 0) is 5.88 Å². The van der Waals surface area contributed by atoms with Crippen molar-refractivity contribution in [2.24, 2.45) is 11.5 Å². The van der Waals surface area contributed by atoms with Crippen molar-refractivity contribution in [1.29, 1.82) is 0 Å². The van der Waals surface area contributed by atoms with Crippen LogP contribution in [0.3, 0.4) is 0 Å². The minimum Gasteiger partial charge on any atom is -0.401 e. The van der Waals surface area contributed by atoms with Crippen molar-refractivity contribution in [2.45, 2.75) is 31.1 Å². The maximum atomic E-state index is 14.1. The van der Waals surface area contributed by atoms with Crippen molar-refractivity contribution >= 4 is 17.5 Å². The molecular formula is C23H24F2N6S. The first-order valence-corrected chi connectivity index (χ1v) is 11.6. The van der Waals surface area contributed by atoms with Crippen LogP contribution in [0.4, 0.5) is 8.78 Å². The molecule has 0 amide bonds. The van der Waals surface area contributed by atoms with Crippen molar-refractivity contribution in [3.63, 3.8) is 0 Å². The predicted molar refractivity (Wildman–Crippen MR) is 123 cm³/mol. The molecule has 0 saturated heterocycles. The van der Waals surface area contributed by atoms with Crippen LogP contribution in [0.5, 0.6) is 0 Å². The van der Waals surface area contributed by atoms with Gasteiger partial charge in [0.25, 0.3) is 0 Å². The van der Waals surface area contributed by atoms with E-state index in [-0.39, 0.29) is 17.2 Å². The smallest absolute Gasteiger partial charge is 0.162 e. The number of halogens is 2. The second-order valence-electron chi connectivity index (χ2n) is 7.61. The zero-order chi connectivity index (χ0) is 22.7. The van der Waals surface area contributed by atoms with Gasteiger partial charge in [0.15, 0.2) is 5.82 Å². The summed E-state index contributed by atoms with van der Waals surface area (Å²) in [4.78, 5) is 9.12. The van der Waals surface area contributed by atoms with E-state index in [1.807, 2.05) is 23.2 Å². The molecule has 166 valence electrons. The van der Waals surface area contributed by atoms with Crippen molar-refractivity contribution in [2.75, 3.05) is 6.26 Å². The third-order valence-electron chi connectivity index (χ3n) is 5.45. The number of rotatable bonds is 6. The van der Waals surface area contributed by atoms with Crippen LogP contribution in [-0.4, -0.2) is 26.0 Å². The normalized spacial score (nSPS) is 17.1. The van der Waals surface area contributed by atoms with Crippen LogP contribution in [0.1, 0.15) is 36.4 Å². The first-order chi connectivity index (χ1) is 15.5. The van der Waals surface area contributed by atoms with Crippen molar-refractivity contribution in [3.8, 4) is 11.4 Å². The molecule has 0 radical (unpaired) electrons. The van der Waals surface area contributed by atoms with E-state index in [4.69, 9.17) is 16.5 Å². The Morgan fingerprint density at radius 2 is 2.06 bits per heavy atom. The number of nitrogens with two attached hydrogens (primary N) is 2. The van der Waals surface area contributed by atoms with Crippen molar-refractivity contribution in [1.82, 2.24) is 19.7 Å². The van der Waals surface area contributed by atoms with E-state index >= 15 is 0 Å². The molecule has 1 aliphatic carbocycles. The van der Waals surface area contributed by atoms with Gasteiger partial charge in [-0.25, -0.2) is 18.7 Å². The van der Waals surface area contributed by atoms with Gasteiger partial charge < -0.3 is 11.5 Å². The quantitative estimate of drug-likeness (QED) is 0.573. The number of aromatic nitrogens is 4. The van der Waals surface area contributed by atoms with E-state index in [1.54, 1.807) is 30.2 Å². The average Bonchev–Trinajstić information content (AvgIpc) is 3.24. The fourth-order valence-electron chi connectivity index (χ4n) is 3.90. The number of benzene rings is 1. The fraction of sp³-hybridized carbons (Fsp3) is 0.261. The molecule has 4 N–H and O–H groups in total. The summed E-state index contributed by atoms with van der Waals surface area (Å²) in [5.41, 5.74) is 15.4. The second-order valence-corrected chi connectivity index (χ2v) is 8.45. The van der Waals surface area contributed by atoms with E-state index < -0.39 is 11.6 Å². The summed E-state index contributed by atoms with van der Waals surface area (Å²) in [7, 11) is 0. The molecule has 6 nitrogen and oxygen atoms in total. The molecular weight excluding hydrogens is 430 g/mol. The van der Waals surface area contributed by atoms with Gasteiger partial charge in [-0.05, 0) is 55.4 Å². The molecule has 1 atom stereocenters. The Labute approximate surface area is 189 Å². The lowest BCUT2D eigenvalue weighted by Gasteiger charge is -2.25. The topological polar surface area (TPSA) is 95.6 Å². The molecule has 0 aliphatic heterocycles. The molecule has 0 fully saturated rings. The summed E-state index contributed by atoms with van der Waals surface area (Å²) in [6, 6.07) is 5.53. The number of hydrogen-bond acceptors (Lipinski definition) is 6. The number of nitrogens with zero attached hydrogens (tertiary/aromatic N) is 4. The van der Waals surface area contributed by atoms with Crippen molar-refractivity contribution < 1.29 is 8.78 Å². The molecule has 1 aliphatic rings. The average molecular weight is 455 g/mol. The predicted octanol–water partition coefficient (Wildman–Crippen LogP) is 4.42. The third-order valence-corrected chi connectivity index (χ3v) is 5.98. The molecule has 1 aromatic carbocycles. The SMILES string of the molecule is CSCn1cc(-c2nccc(C3CCCC(/C=C(\N)c4c(F)cccc4F)=C3N)n2)cn1. The Morgan fingerprint density at radius 3 is 2.81 bits per heavy atom. The lowest BCUT2D eigenvalue weighted by molar-refractivity contribution is 0.576. The summed E-state index contributed by atoms with van der Waals surface area (Å²) in [5.74, 6) is -0.201. The van der Waals surface area contributed by atoms with Crippen LogP contribution < -0.4 is 11.5 Å². The molecule has 2 heterocycles. The van der Waals surface area contributed by atoms with Gasteiger partial charge in [-0.3, -0.25) is 4.68 Å². The highest BCUT2D eigenvalue weighted by Gasteiger charge is 2.24. The first-order valence-electron chi connectivity index (χ1n) is 10.2. The van der Waals surface area contributed by atoms with Crippen LogP contribution in [0.25, 0.3) is 17.1 Å². The lowest BCUT2D eigenvalue weighted by Crippen LogP contribution is -2.19. The summed E-state index contributed by atoms with van der Waals surface area (Å²) in [6.45, 7) is 0. The van der Waals surface area contributed by atoms with Crippen LogP contribution in [0, 0.1) is 11.6 Å². The molecule has 0 saturated carbocycles. The fourth-order valence-corrected chi connectivity index (χ4v) is 4.31. The van der Waals surface area contributed by atoms with Crippen molar-refractivity contribution in [3.05, 3.63) is 83.1 Å². The van der Waals surface area contributed by atoms with E-state index in [1.165, 1.54) is 18.2 Å². The van der Waals surface area contributed by atoms with Gasteiger partial charge in [-0.2, -0.15) is 5.10 Å². The Hall–Kier alpha value is -3.20. The Bertz CT molecular complexity index is 1170. The highest BCUT2D eigenvalue weighted by Crippen LogP contribution is 2.36. The Kier molecular flexibility index (Phi) is 6.55. The van der Waals surface area contributed by atoms with E-state index in [0.29, 0.717) is 17.9 Å². The highest BCUT2D eigenvalue weighted by atomic mass is 32.2. The van der Waals surface area contributed by atoms with Crippen LogP contribution in [0.2, 0.25) is 0 Å². The Morgan fingerprint density at radius 1 is 1.28 bits per heavy atom. The van der Waals surface area contributed by atoms with Gasteiger partial charge in [0.2, 0.25) is 0 Å². The summed E-state index contributed by atoms with van der Waals surface area (Å²) in [6.07, 6.45) is 11.3. The molecule has 9 heteroatoms. The Balaban J connectivity index is 1.65. The molecule has 32 heavy (non-hydrogen) atoms. The summed E-state index contributed by atoms with van der Waals surface area (Å²) in [5, 5.41) is 4.33. The van der Waals surface area contributed by atoms with Gasteiger partial charge in [0, 0.05) is 29.7 Å². The maximum absolute atomic E-state index is 14.1. The lowest BCUT2D eigenvalue weighted by atomic mass is 9.84. The van der Waals surface area contributed by atoms with E-state index in [2.05, 4.69) is 10.1 Å². The number of hydrogen-bond donors (Lipinski definition) is 2. The summed E-state index contributed by atoms with van der Waals surface area (Å²) < 4.78 is 30.1. The second kappa shape index (κ2) is 9.52. The number of thioether (sulfide) groups is 1. The highest BCUT2D eigenvalue weighted by molar-refractivity contribution is 7.97. The van der Waals surface area contributed by atoms with Gasteiger partial charge >= 0.3 is 0 Å². The first kappa shape index (κ1) is 22.0. The summed E-state index contributed by atoms with van der Waals surface area (Å²) >= 11 is 1.67. The zero-order valence-corrected chi connectivity index (χ0v) is 18.4. The van der Waals surface area contributed by atoms with Gasteiger partial charge in [0.05, 0.1) is 28.9 Å². The number of allylic oxidation sites excluding steroid dienone is 3.